The van der Waals surface area contributed by atoms with Crippen molar-refractivity contribution in [3.63, 3.8) is 0 Å². The first-order chi connectivity index (χ1) is 14.7. The minimum Gasteiger partial charge on any atom is -0.493 e. The normalized spacial score (nSPS) is 10.9. The fourth-order valence-electron chi connectivity index (χ4n) is 3.08. The van der Waals surface area contributed by atoms with Gasteiger partial charge in [-0.25, -0.2) is 0 Å². The summed E-state index contributed by atoms with van der Waals surface area (Å²) in [6, 6.07) is 16.0. The van der Waals surface area contributed by atoms with Crippen molar-refractivity contribution in [3.8, 4) is 29.0 Å². The molecule has 1 aromatic heterocycles. The maximum atomic E-state index is 5.61. The van der Waals surface area contributed by atoms with E-state index < -0.39 is 0 Å². The average molecular weight is 412 g/mol. The number of hydrogen-bond acceptors (Lipinski definition) is 7. The Labute approximate surface area is 177 Å². The van der Waals surface area contributed by atoms with E-state index in [1.807, 2.05) is 42.5 Å². The number of aromatic nitrogens is 2. The van der Waals surface area contributed by atoms with Crippen molar-refractivity contribution in [3.05, 3.63) is 54.1 Å². The number of methoxy groups -OCH3 is 2. The first-order valence-electron chi connectivity index (χ1n) is 10.1. The van der Waals surface area contributed by atoms with Gasteiger partial charge in [-0.15, -0.1) is 0 Å². The van der Waals surface area contributed by atoms with Gasteiger partial charge in [0.05, 0.1) is 20.8 Å². The van der Waals surface area contributed by atoms with Gasteiger partial charge in [-0.05, 0) is 67.8 Å². The Morgan fingerprint density at radius 1 is 0.933 bits per heavy atom. The highest BCUT2D eigenvalue weighted by Crippen LogP contribution is 2.27. The van der Waals surface area contributed by atoms with Crippen molar-refractivity contribution in [2.45, 2.75) is 19.3 Å². The third-order valence-corrected chi connectivity index (χ3v) is 4.82. The summed E-state index contributed by atoms with van der Waals surface area (Å²) >= 11 is 0. The monoisotopic (exact) mass is 411 g/mol. The Hall–Kier alpha value is -3.06. The molecule has 0 saturated carbocycles. The third-order valence-electron chi connectivity index (χ3n) is 4.82. The molecule has 0 atom stereocenters. The smallest absolute Gasteiger partial charge is 0.354 e. The molecule has 0 unspecified atom stereocenters. The fraction of sp³-hybridized carbons (Fsp3) is 0.391. The molecule has 3 rings (SSSR count). The van der Waals surface area contributed by atoms with Crippen molar-refractivity contribution in [2.24, 2.45) is 0 Å². The van der Waals surface area contributed by atoms with Crippen LogP contribution in [0.2, 0.25) is 0 Å². The lowest BCUT2D eigenvalue weighted by Crippen LogP contribution is -2.22. The predicted molar refractivity (Wildman–Crippen MR) is 115 cm³/mol. The van der Waals surface area contributed by atoms with Gasteiger partial charge in [0.15, 0.2) is 11.5 Å². The van der Waals surface area contributed by atoms with E-state index in [-0.39, 0.29) is 6.01 Å². The summed E-state index contributed by atoms with van der Waals surface area (Å²) in [5.74, 6) is 2.00. The molecule has 0 aliphatic rings. The van der Waals surface area contributed by atoms with Gasteiger partial charge in [0, 0.05) is 12.1 Å². The number of unbranched alkanes of at least 4 members (excludes halogenated alkanes) is 1. The van der Waals surface area contributed by atoms with Crippen LogP contribution in [0.25, 0.3) is 11.5 Å². The lowest BCUT2D eigenvalue weighted by molar-refractivity contribution is 0.254. The summed E-state index contributed by atoms with van der Waals surface area (Å²) in [5, 5.41) is 3.88. The standard InChI is InChI=1S/C23H29N3O4/c1-26(15-13-18-11-12-20(27-2)21(17-18)28-3)14-7-8-16-29-23-24-22(30-25-23)19-9-5-4-6-10-19/h4-6,9-12,17H,7-8,13-16H2,1-3H3. The second-order valence-corrected chi connectivity index (χ2v) is 7.05. The van der Waals surface area contributed by atoms with Crippen LogP contribution >= 0.6 is 0 Å². The van der Waals surface area contributed by atoms with E-state index in [4.69, 9.17) is 18.7 Å². The van der Waals surface area contributed by atoms with Crippen molar-refractivity contribution in [1.82, 2.24) is 15.0 Å². The Morgan fingerprint density at radius 3 is 2.50 bits per heavy atom. The van der Waals surface area contributed by atoms with Crippen molar-refractivity contribution in [2.75, 3.05) is 41.0 Å². The van der Waals surface area contributed by atoms with Crippen LogP contribution in [0, 0.1) is 0 Å². The fourth-order valence-corrected chi connectivity index (χ4v) is 3.08. The molecule has 0 N–H and O–H groups in total. The van der Waals surface area contributed by atoms with Crippen molar-refractivity contribution in [1.29, 1.82) is 0 Å². The van der Waals surface area contributed by atoms with Gasteiger partial charge in [0.25, 0.3) is 5.89 Å². The summed E-state index contributed by atoms with van der Waals surface area (Å²) in [6.45, 7) is 2.54. The molecule has 0 aliphatic heterocycles. The Kier molecular flexibility index (Phi) is 8.09. The first kappa shape index (κ1) is 21.6. The SMILES string of the molecule is COc1ccc(CCN(C)CCCCOc2noc(-c3ccccc3)n2)cc1OC. The highest BCUT2D eigenvalue weighted by atomic mass is 16.6. The van der Waals surface area contributed by atoms with Crippen LogP contribution in [0.5, 0.6) is 17.5 Å². The van der Waals surface area contributed by atoms with Crippen LogP contribution in [0.1, 0.15) is 18.4 Å². The van der Waals surface area contributed by atoms with Crippen LogP contribution in [-0.4, -0.2) is 56.0 Å². The molecule has 0 radical (unpaired) electrons. The third kappa shape index (κ3) is 6.22. The summed E-state index contributed by atoms with van der Waals surface area (Å²) in [5.41, 5.74) is 2.12. The molecule has 3 aromatic rings. The zero-order chi connectivity index (χ0) is 21.2. The molecule has 2 aromatic carbocycles. The number of likely N-dealkylation sites (N-methyl/N-ethyl adjacent to an activating group) is 1. The minimum atomic E-state index is 0.288. The number of nitrogens with zero attached hydrogens (tertiary/aromatic N) is 3. The first-order valence-corrected chi connectivity index (χ1v) is 10.1. The zero-order valence-electron chi connectivity index (χ0n) is 17.8. The number of benzene rings is 2. The average Bonchev–Trinajstić information content (AvgIpc) is 3.26. The highest BCUT2D eigenvalue weighted by Gasteiger charge is 2.09. The molecule has 0 saturated heterocycles. The molecule has 0 fully saturated rings. The van der Waals surface area contributed by atoms with Crippen LogP contribution in [-0.2, 0) is 6.42 Å². The zero-order valence-corrected chi connectivity index (χ0v) is 17.8. The van der Waals surface area contributed by atoms with Crippen LogP contribution in [0.15, 0.2) is 53.1 Å². The topological polar surface area (TPSA) is 69.9 Å². The van der Waals surface area contributed by atoms with Gasteiger partial charge in [-0.1, -0.05) is 24.3 Å². The maximum Gasteiger partial charge on any atom is 0.354 e. The molecule has 30 heavy (non-hydrogen) atoms. The van der Waals surface area contributed by atoms with Gasteiger partial charge < -0.3 is 23.6 Å². The van der Waals surface area contributed by atoms with Gasteiger partial charge in [-0.2, -0.15) is 4.98 Å². The van der Waals surface area contributed by atoms with E-state index in [0.29, 0.717) is 12.5 Å². The van der Waals surface area contributed by atoms with Gasteiger partial charge >= 0.3 is 6.01 Å². The van der Waals surface area contributed by atoms with E-state index in [1.54, 1.807) is 14.2 Å². The van der Waals surface area contributed by atoms with E-state index in [2.05, 4.69) is 28.2 Å². The van der Waals surface area contributed by atoms with Crippen molar-refractivity contribution < 1.29 is 18.7 Å². The lowest BCUT2D eigenvalue weighted by atomic mass is 10.1. The number of rotatable bonds is 12. The molecule has 0 amide bonds. The second-order valence-electron chi connectivity index (χ2n) is 7.05. The van der Waals surface area contributed by atoms with E-state index in [0.717, 1.165) is 49.4 Å². The molecule has 160 valence electrons. The second kappa shape index (κ2) is 11.2. The summed E-state index contributed by atoms with van der Waals surface area (Å²) in [7, 11) is 5.44. The summed E-state index contributed by atoms with van der Waals surface area (Å²) in [6.07, 6.45) is 2.92. The minimum absolute atomic E-state index is 0.288. The summed E-state index contributed by atoms with van der Waals surface area (Å²) < 4.78 is 21.5. The number of hydrogen-bond donors (Lipinski definition) is 0. The molecule has 0 aliphatic carbocycles. The van der Waals surface area contributed by atoms with Crippen LogP contribution in [0.4, 0.5) is 0 Å². The molecular weight excluding hydrogens is 382 g/mol. The highest BCUT2D eigenvalue weighted by molar-refractivity contribution is 5.52. The molecular formula is C23H29N3O4. The molecule has 1 heterocycles. The molecule has 0 bridgehead atoms. The van der Waals surface area contributed by atoms with Gasteiger partial charge in [0.2, 0.25) is 0 Å². The predicted octanol–water partition coefficient (Wildman–Crippen LogP) is 4.09. The Balaban J connectivity index is 1.32. The quantitative estimate of drug-likeness (QED) is 0.416. The number of ether oxygens (including phenoxy) is 3. The Bertz CT molecular complexity index is 898. The van der Waals surface area contributed by atoms with Crippen LogP contribution < -0.4 is 14.2 Å². The van der Waals surface area contributed by atoms with Crippen molar-refractivity contribution >= 4 is 0 Å². The Morgan fingerprint density at radius 2 is 1.73 bits per heavy atom. The van der Waals surface area contributed by atoms with Gasteiger partial charge in [0.1, 0.15) is 0 Å². The van der Waals surface area contributed by atoms with Crippen LogP contribution in [0.3, 0.4) is 0 Å². The van der Waals surface area contributed by atoms with E-state index >= 15 is 0 Å². The largest absolute Gasteiger partial charge is 0.493 e. The van der Waals surface area contributed by atoms with E-state index in [1.165, 1.54) is 5.56 Å². The molecule has 7 heteroatoms. The lowest BCUT2D eigenvalue weighted by Gasteiger charge is -2.17. The van der Waals surface area contributed by atoms with Gasteiger partial charge in [-0.3, -0.25) is 0 Å². The summed E-state index contributed by atoms with van der Waals surface area (Å²) in [4.78, 5) is 6.59. The molecule has 7 nitrogen and oxygen atoms in total. The van der Waals surface area contributed by atoms with E-state index in [9.17, 15) is 0 Å². The maximum absolute atomic E-state index is 5.61. The molecule has 0 spiro atoms.